The van der Waals surface area contributed by atoms with Gasteiger partial charge in [0.05, 0.1) is 17.8 Å². The van der Waals surface area contributed by atoms with Crippen molar-refractivity contribution in [1.82, 2.24) is 0 Å². The SMILES string of the molecule is Cc1cc(F)c2c(c1)C(=O)C(=O)N2CC(F)F. The number of Topliss-reactive ketones (excluding diaryl/α,β-unsaturated/α-hetero) is 1. The molecular weight excluding hydrogens is 235 g/mol. The molecule has 0 atom stereocenters. The molecule has 17 heavy (non-hydrogen) atoms. The zero-order valence-electron chi connectivity index (χ0n) is 8.84. The third-order valence-corrected chi connectivity index (χ3v) is 2.48. The van der Waals surface area contributed by atoms with Crippen LogP contribution in [0.1, 0.15) is 15.9 Å². The summed E-state index contributed by atoms with van der Waals surface area (Å²) < 4.78 is 38.1. The van der Waals surface area contributed by atoms with E-state index in [0.29, 0.717) is 10.5 Å². The smallest absolute Gasteiger partial charge is 0.296 e. The normalized spacial score (nSPS) is 14.8. The number of fused-ring (bicyclic) bond motifs is 1. The molecule has 0 aromatic heterocycles. The standard InChI is InChI=1S/C11H8F3NO2/c1-5-2-6-9(7(12)3-5)15(4-8(13)14)11(17)10(6)16/h2-3,8H,4H2,1H3. The number of amides is 1. The topological polar surface area (TPSA) is 37.4 Å². The lowest BCUT2D eigenvalue weighted by atomic mass is 10.1. The molecule has 1 aliphatic rings. The quantitative estimate of drug-likeness (QED) is 0.744. The number of aryl methyl sites for hydroxylation is 1. The van der Waals surface area contributed by atoms with E-state index >= 15 is 0 Å². The lowest BCUT2D eigenvalue weighted by molar-refractivity contribution is -0.114. The van der Waals surface area contributed by atoms with Crippen molar-refractivity contribution < 1.29 is 22.8 Å². The van der Waals surface area contributed by atoms with Gasteiger partial charge in [0, 0.05) is 0 Å². The fourth-order valence-electron chi connectivity index (χ4n) is 1.83. The van der Waals surface area contributed by atoms with Gasteiger partial charge in [-0.25, -0.2) is 13.2 Å². The molecule has 0 saturated heterocycles. The number of carbonyl (C=O) groups excluding carboxylic acids is 2. The van der Waals surface area contributed by atoms with Crippen LogP contribution in [0, 0.1) is 12.7 Å². The first-order valence-electron chi connectivity index (χ1n) is 4.86. The average Bonchev–Trinajstić information content (AvgIpc) is 2.43. The number of hydrogen-bond donors (Lipinski definition) is 0. The number of anilines is 1. The Balaban J connectivity index is 2.56. The average molecular weight is 243 g/mol. The third-order valence-electron chi connectivity index (χ3n) is 2.48. The van der Waals surface area contributed by atoms with E-state index < -0.39 is 30.5 Å². The molecule has 90 valence electrons. The largest absolute Gasteiger partial charge is 0.299 e. The minimum absolute atomic E-state index is 0.145. The number of nitrogens with zero attached hydrogens (tertiary/aromatic N) is 1. The number of carbonyl (C=O) groups is 2. The zero-order valence-corrected chi connectivity index (χ0v) is 8.84. The van der Waals surface area contributed by atoms with E-state index in [0.717, 1.165) is 6.07 Å². The molecule has 1 amide bonds. The second-order valence-electron chi connectivity index (χ2n) is 3.78. The first-order chi connectivity index (χ1) is 7.91. The molecular formula is C11H8F3NO2. The Hall–Kier alpha value is -1.85. The molecule has 0 unspecified atom stereocenters. The van der Waals surface area contributed by atoms with E-state index in [2.05, 4.69) is 0 Å². The number of benzene rings is 1. The van der Waals surface area contributed by atoms with Gasteiger partial charge in [-0.15, -0.1) is 0 Å². The molecule has 2 rings (SSSR count). The van der Waals surface area contributed by atoms with Crippen molar-refractivity contribution in [2.24, 2.45) is 0 Å². The van der Waals surface area contributed by atoms with Crippen molar-refractivity contribution >= 4 is 17.4 Å². The molecule has 0 bridgehead atoms. The van der Waals surface area contributed by atoms with E-state index in [4.69, 9.17) is 0 Å². The fraction of sp³-hybridized carbons (Fsp3) is 0.273. The zero-order chi connectivity index (χ0) is 12.7. The summed E-state index contributed by atoms with van der Waals surface area (Å²) in [5, 5.41) is 0. The Morgan fingerprint density at radius 3 is 2.53 bits per heavy atom. The Bertz CT molecular complexity index is 514. The summed E-state index contributed by atoms with van der Waals surface area (Å²) in [6.07, 6.45) is -2.82. The van der Waals surface area contributed by atoms with Gasteiger partial charge in [-0.05, 0) is 24.6 Å². The van der Waals surface area contributed by atoms with Crippen molar-refractivity contribution in [3.8, 4) is 0 Å². The van der Waals surface area contributed by atoms with Gasteiger partial charge in [-0.2, -0.15) is 0 Å². The molecule has 6 heteroatoms. The van der Waals surface area contributed by atoms with Gasteiger partial charge < -0.3 is 0 Å². The van der Waals surface area contributed by atoms with Crippen LogP contribution in [-0.2, 0) is 4.79 Å². The van der Waals surface area contributed by atoms with Gasteiger partial charge in [0.15, 0.2) is 0 Å². The molecule has 0 spiro atoms. The molecule has 0 N–H and O–H groups in total. The highest BCUT2D eigenvalue weighted by Crippen LogP contribution is 2.33. The predicted molar refractivity (Wildman–Crippen MR) is 53.8 cm³/mol. The lowest BCUT2D eigenvalue weighted by Crippen LogP contribution is -2.34. The Morgan fingerprint density at radius 2 is 1.94 bits per heavy atom. The summed E-state index contributed by atoms with van der Waals surface area (Å²) in [7, 11) is 0. The second-order valence-corrected chi connectivity index (χ2v) is 3.78. The van der Waals surface area contributed by atoms with Crippen molar-refractivity contribution in [3.05, 3.63) is 29.1 Å². The molecule has 1 aromatic rings. The molecule has 3 nitrogen and oxygen atoms in total. The summed E-state index contributed by atoms with van der Waals surface area (Å²) in [6.45, 7) is 0.578. The Morgan fingerprint density at radius 1 is 1.29 bits per heavy atom. The van der Waals surface area contributed by atoms with Crippen LogP contribution in [-0.4, -0.2) is 24.7 Å². The van der Waals surface area contributed by atoms with Crippen molar-refractivity contribution in [3.63, 3.8) is 0 Å². The number of hydrogen-bond acceptors (Lipinski definition) is 2. The summed E-state index contributed by atoms with van der Waals surface area (Å²) in [5.41, 5.74) is -0.0275. The van der Waals surface area contributed by atoms with Gasteiger partial charge in [0.25, 0.3) is 18.1 Å². The highest BCUT2D eigenvalue weighted by atomic mass is 19.3. The summed E-state index contributed by atoms with van der Waals surface area (Å²) in [5.74, 6) is -2.88. The van der Waals surface area contributed by atoms with E-state index in [1.807, 2.05) is 0 Å². The number of halogens is 3. The molecule has 0 fully saturated rings. The summed E-state index contributed by atoms with van der Waals surface area (Å²) in [4.78, 5) is 23.4. The maximum absolute atomic E-state index is 13.6. The minimum atomic E-state index is -2.82. The van der Waals surface area contributed by atoms with Crippen molar-refractivity contribution in [2.45, 2.75) is 13.3 Å². The summed E-state index contributed by atoms with van der Waals surface area (Å²) >= 11 is 0. The molecule has 1 aromatic carbocycles. The van der Waals surface area contributed by atoms with Gasteiger partial charge in [-0.1, -0.05) is 0 Å². The van der Waals surface area contributed by atoms with Gasteiger partial charge in [0.2, 0.25) is 0 Å². The number of alkyl halides is 2. The number of rotatable bonds is 2. The number of ketones is 1. The van der Waals surface area contributed by atoms with E-state index in [1.165, 1.54) is 6.07 Å². The molecule has 0 aliphatic carbocycles. The van der Waals surface area contributed by atoms with Crippen LogP contribution >= 0.6 is 0 Å². The van der Waals surface area contributed by atoms with Gasteiger partial charge >= 0.3 is 0 Å². The van der Waals surface area contributed by atoms with Gasteiger partial charge in [0.1, 0.15) is 5.82 Å². The monoisotopic (exact) mass is 243 g/mol. The van der Waals surface area contributed by atoms with E-state index in [1.54, 1.807) is 6.92 Å². The Labute approximate surface area is 94.8 Å². The van der Waals surface area contributed by atoms with Crippen LogP contribution in [0.15, 0.2) is 12.1 Å². The Kier molecular flexibility index (Phi) is 2.65. The maximum atomic E-state index is 13.6. The minimum Gasteiger partial charge on any atom is -0.296 e. The molecule has 1 aliphatic heterocycles. The molecule has 0 radical (unpaired) electrons. The maximum Gasteiger partial charge on any atom is 0.299 e. The van der Waals surface area contributed by atoms with Crippen LogP contribution in [0.25, 0.3) is 0 Å². The predicted octanol–water partition coefficient (Wildman–Crippen LogP) is 1.93. The van der Waals surface area contributed by atoms with Crippen LogP contribution in [0.2, 0.25) is 0 Å². The van der Waals surface area contributed by atoms with E-state index in [9.17, 15) is 22.8 Å². The van der Waals surface area contributed by atoms with Crippen molar-refractivity contribution in [2.75, 3.05) is 11.4 Å². The molecule has 1 heterocycles. The fourth-order valence-corrected chi connectivity index (χ4v) is 1.83. The van der Waals surface area contributed by atoms with Crippen LogP contribution in [0.4, 0.5) is 18.9 Å². The van der Waals surface area contributed by atoms with Crippen molar-refractivity contribution in [1.29, 1.82) is 0 Å². The third kappa shape index (κ3) is 1.79. The van der Waals surface area contributed by atoms with Crippen LogP contribution < -0.4 is 4.90 Å². The lowest BCUT2D eigenvalue weighted by Gasteiger charge is -2.16. The van der Waals surface area contributed by atoms with Gasteiger partial charge in [-0.3, -0.25) is 14.5 Å². The van der Waals surface area contributed by atoms with E-state index in [-0.39, 0.29) is 11.3 Å². The van der Waals surface area contributed by atoms with Crippen LogP contribution in [0.5, 0.6) is 0 Å². The first-order valence-corrected chi connectivity index (χ1v) is 4.86. The van der Waals surface area contributed by atoms with Crippen LogP contribution in [0.3, 0.4) is 0 Å². The molecule has 0 saturated carbocycles. The second kappa shape index (κ2) is 3.87. The first kappa shape index (κ1) is 11.6. The highest BCUT2D eigenvalue weighted by molar-refractivity contribution is 6.52. The highest BCUT2D eigenvalue weighted by Gasteiger charge is 2.39. The summed E-state index contributed by atoms with van der Waals surface area (Å²) in [6, 6.07) is 2.42.